The average Bonchev–Trinajstić information content (AvgIpc) is 3.18. The Kier molecular flexibility index (Phi) is 12.4. The zero-order valence-corrected chi connectivity index (χ0v) is 34.5. The van der Waals surface area contributed by atoms with Crippen LogP contribution in [0.5, 0.6) is 17.2 Å². The molecule has 3 fully saturated rings. The minimum absolute atomic E-state index is 0.0140. The molecule has 2 aromatic rings. The summed E-state index contributed by atoms with van der Waals surface area (Å²) in [6, 6.07) is 2.97. The van der Waals surface area contributed by atoms with Crippen LogP contribution in [0.25, 0.3) is 0 Å². The van der Waals surface area contributed by atoms with Crippen LogP contribution < -0.4 is 0 Å². The Morgan fingerprint density at radius 3 is 1.92 bits per heavy atom. The number of phenols is 3. The third-order valence-corrected chi connectivity index (χ3v) is 12.8. The normalized spacial score (nSPS) is 37.9. The lowest BCUT2D eigenvalue weighted by atomic mass is 9.67. The first kappa shape index (κ1) is 44.3. The number of nitrogens with zero attached hydrogens (tertiary/aromatic N) is 1. The maximum atomic E-state index is 14.0. The molecule has 0 spiro atoms. The Morgan fingerprint density at radius 1 is 0.800 bits per heavy atom. The van der Waals surface area contributed by atoms with Gasteiger partial charge < -0.3 is 73.8 Å². The Balaban J connectivity index is 1.14. The lowest BCUT2D eigenvalue weighted by Crippen LogP contribution is -2.58. The van der Waals surface area contributed by atoms with Crippen LogP contribution in [0.4, 0.5) is 0 Å². The second kappa shape index (κ2) is 16.8. The first-order chi connectivity index (χ1) is 28.3. The fourth-order valence-electron chi connectivity index (χ4n) is 9.51. The van der Waals surface area contributed by atoms with Gasteiger partial charge in [0, 0.05) is 42.9 Å². The molecule has 7 N–H and O–H groups in total. The molecule has 0 unspecified atom stereocenters. The number of aromatic hydroxyl groups is 3. The van der Waals surface area contributed by atoms with Crippen molar-refractivity contribution >= 4 is 17.5 Å². The van der Waals surface area contributed by atoms with Gasteiger partial charge in [0.15, 0.2) is 24.7 Å². The Hall–Kier alpha value is -3.79. The average molecular weight is 846 g/mol. The highest BCUT2D eigenvalue weighted by Gasteiger charge is 2.54. The van der Waals surface area contributed by atoms with Crippen LogP contribution in [-0.4, -0.2) is 159 Å². The second-order valence-electron chi connectivity index (χ2n) is 16.8. The summed E-state index contributed by atoms with van der Waals surface area (Å²) in [6.45, 7) is 6.77. The van der Waals surface area contributed by atoms with E-state index in [4.69, 9.17) is 33.2 Å². The van der Waals surface area contributed by atoms with Crippen molar-refractivity contribution in [3.63, 3.8) is 0 Å². The van der Waals surface area contributed by atoms with E-state index >= 15 is 0 Å². The number of carbonyl (C=O) groups excluding carboxylic acids is 3. The number of phenolic OH excluding ortho intramolecular Hbond substituents is 3. The minimum atomic E-state index is -1.82. The Bertz CT molecular complexity index is 1970. The van der Waals surface area contributed by atoms with E-state index in [0.29, 0.717) is 0 Å². The van der Waals surface area contributed by atoms with Crippen molar-refractivity contribution in [2.24, 2.45) is 0 Å². The molecule has 3 aliphatic heterocycles. The summed E-state index contributed by atoms with van der Waals surface area (Å²) in [6.07, 6.45) is -10.5. The fourth-order valence-corrected chi connectivity index (χ4v) is 9.51. The van der Waals surface area contributed by atoms with Crippen molar-refractivity contribution in [1.29, 1.82) is 0 Å². The number of hydrogen-bond acceptors (Lipinski definition) is 18. The molecule has 3 heterocycles. The second-order valence-corrected chi connectivity index (χ2v) is 16.8. The molecule has 18 nitrogen and oxygen atoms in total. The van der Waals surface area contributed by atoms with Gasteiger partial charge in [-0.2, -0.15) is 0 Å². The molecule has 0 radical (unpaired) electrons. The minimum Gasteiger partial charge on any atom is -0.507 e. The third-order valence-electron chi connectivity index (χ3n) is 12.8. The van der Waals surface area contributed by atoms with Gasteiger partial charge in [-0.3, -0.25) is 14.4 Å². The van der Waals surface area contributed by atoms with E-state index in [1.54, 1.807) is 27.7 Å². The lowest BCUT2D eigenvalue weighted by Gasteiger charge is -2.48. The number of benzene rings is 2. The zero-order chi connectivity index (χ0) is 43.7. The third kappa shape index (κ3) is 7.70. The number of ether oxygens (including phenoxy) is 7. The maximum absolute atomic E-state index is 14.0. The highest BCUT2D eigenvalue weighted by Crippen LogP contribution is 2.54. The number of methoxy groups -OCH3 is 1. The molecule has 7 rings (SSSR count). The number of aliphatic hydroxyl groups is 4. The smallest absolute Gasteiger partial charge is 0.316 e. The summed E-state index contributed by atoms with van der Waals surface area (Å²) >= 11 is 0. The lowest BCUT2D eigenvalue weighted by molar-refractivity contribution is -0.332. The maximum Gasteiger partial charge on any atom is 0.316 e. The van der Waals surface area contributed by atoms with E-state index in [1.807, 2.05) is 19.0 Å². The van der Waals surface area contributed by atoms with Gasteiger partial charge in [0.05, 0.1) is 66.0 Å². The van der Waals surface area contributed by atoms with E-state index in [1.165, 1.54) is 6.07 Å². The molecular formula is C42H55NO17. The summed E-state index contributed by atoms with van der Waals surface area (Å²) in [5.41, 5.74) is -3.64. The van der Waals surface area contributed by atoms with Crippen LogP contribution in [0.1, 0.15) is 115 Å². The van der Waals surface area contributed by atoms with Gasteiger partial charge >= 0.3 is 5.97 Å². The summed E-state index contributed by atoms with van der Waals surface area (Å²) < 4.78 is 42.5. The van der Waals surface area contributed by atoms with Crippen LogP contribution in [0.15, 0.2) is 18.2 Å². The van der Waals surface area contributed by atoms with Crippen LogP contribution in [0, 0.1) is 0 Å². The van der Waals surface area contributed by atoms with E-state index in [0.717, 1.165) is 19.2 Å². The molecule has 2 aromatic carbocycles. The highest BCUT2D eigenvalue weighted by molar-refractivity contribution is 6.31. The molecule has 18 heteroatoms. The molecule has 60 heavy (non-hydrogen) atoms. The van der Waals surface area contributed by atoms with Gasteiger partial charge in [0.2, 0.25) is 5.78 Å². The van der Waals surface area contributed by atoms with Crippen molar-refractivity contribution in [2.45, 2.75) is 151 Å². The fraction of sp³-hybridized carbons (Fsp3) is 0.643. The van der Waals surface area contributed by atoms with Crippen LogP contribution in [0.2, 0.25) is 0 Å². The Morgan fingerprint density at radius 2 is 1.35 bits per heavy atom. The van der Waals surface area contributed by atoms with Crippen molar-refractivity contribution in [1.82, 2.24) is 4.90 Å². The van der Waals surface area contributed by atoms with Crippen molar-refractivity contribution in [3.05, 3.63) is 51.6 Å². The topological polar surface area (TPSA) is 261 Å². The number of fused-ring (bicyclic) bond motifs is 3. The summed E-state index contributed by atoms with van der Waals surface area (Å²) in [5.74, 6) is -5.94. The van der Waals surface area contributed by atoms with Crippen LogP contribution in [-0.2, 0) is 38.0 Å². The van der Waals surface area contributed by atoms with E-state index in [9.17, 15) is 50.1 Å². The molecule has 5 aliphatic rings. The standard InChI is InChI=1S/C42H55NO17/c1-8-42(53)15-26(30-19(34(42)41(52)54-7)11-20-31(37(30)50)38(51)33-23(45)10-9-22(44)32(33)36(20)49)58-27-12-21(43(5)6)39(17(3)56-27)59-29-14-25(47)40(18(4)57-29)60-28-13-24(46)35(48)16(2)55-28/h9-11,16-18,21,24-29,34-35,39-40,44-48,50,53H,8,12-15H2,1-7H3/t16-,17-,18-,21-,24-,25-,26-,27+,28+,29+,34+,35+,39+,40+,42-/m0/s1. The molecule has 0 aromatic heterocycles. The number of aliphatic hydroxyl groups excluding tert-OH is 3. The molecule has 0 saturated carbocycles. The predicted molar refractivity (Wildman–Crippen MR) is 205 cm³/mol. The quantitative estimate of drug-likeness (QED) is 0.119. The van der Waals surface area contributed by atoms with Gasteiger partial charge in [-0.15, -0.1) is 0 Å². The van der Waals surface area contributed by atoms with Gasteiger partial charge in [0.1, 0.15) is 41.5 Å². The monoisotopic (exact) mass is 845 g/mol. The van der Waals surface area contributed by atoms with Gasteiger partial charge in [-0.05, 0) is 65.0 Å². The molecule has 0 bridgehead atoms. The number of likely N-dealkylation sites (N-methyl/N-ethyl adjacent to an activating group) is 1. The van der Waals surface area contributed by atoms with E-state index < -0.39 is 137 Å². The predicted octanol–water partition coefficient (Wildman–Crippen LogP) is 1.63. The van der Waals surface area contributed by atoms with Crippen molar-refractivity contribution in [3.8, 4) is 17.2 Å². The number of ketones is 2. The molecule has 0 amide bonds. The highest BCUT2D eigenvalue weighted by atomic mass is 16.7. The molecule has 330 valence electrons. The molecule has 2 aliphatic carbocycles. The first-order valence-corrected chi connectivity index (χ1v) is 20.3. The van der Waals surface area contributed by atoms with Gasteiger partial charge in [-0.25, -0.2) is 0 Å². The van der Waals surface area contributed by atoms with Crippen LogP contribution >= 0.6 is 0 Å². The zero-order valence-electron chi connectivity index (χ0n) is 34.5. The molecular weight excluding hydrogens is 790 g/mol. The van der Waals surface area contributed by atoms with Crippen molar-refractivity contribution < 1.29 is 83.3 Å². The Labute approximate surface area is 346 Å². The van der Waals surface area contributed by atoms with Gasteiger partial charge in [0.25, 0.3) is 0 Å². The largest absolute Gasteiger partial charge is 0.507 e. The number of rotatable bonds is 9. The number of carbonyl (C=O) groups is 3. The molecule has 3 saturated heterocycles. The van der Waals surface area contributed by atoms with Crippen molar-refractivity contribution in [2.75, 3.05) is 21.2 Å². The van der Waals surface area contributed by atoms with E-state index in [-0.39, 0.29) is 54.8 Å². The number of esters is 1. The van der Waals surface area contributed by atoms with Gasteiger partial charge in [-0.1, -0.05) is 6.92 Å². The summed E-state index contributed by atoms with van der Waals surface area (Å²) in [7, 11) is 4.82. The summed E-state index contributed by atoms with van der Waals surface area (Å²) in [5, 5.41) is 76.8. The van der Waals surface area contributed by atoms with E-state index in [2.05, 4.69) is 0 Å². The SMILES string of the molecule is CC[C@]1(O)C[C@H](O[C@@H]2C[C@H](N(C)C)[C@H](O[C@@H]3C[C@H](O)[C@H](O[C@@H]4C[C@H](O)[C@H](O)[C@H](C)O4)[C@H](C)O3)[C@H](C)O2)c2c(cc3c(c2O)C(=O)c2c(O)ccc(O)c2C3=O)[C@@H]1C(=O)OC. The number of hydrogen-bond donors (Lipinski definition) is 7. The summed E-state index contributed by atoms with van der Waals surface area (Å²) in [4.78, 5) is 43.2. The van der Waals surface area contributed by atoms with Crippen LogP contribution in [0.3, 0.4) is 0 Å². The first-order valence-electron chi connectivity index (χ1n) is 20.3. The molecule has 15 atom stereocenters.